The van der Waals surface area contributed by atoms with Gasteiger partial charge < -0.3 is 11.1 Å². The Bertz CT molecular complexity index is 443. The molecule has 1 aliphatic heterocycles. The lowest BCUT2D eigenvalue weighted by Crippen LogP contribution is -2.54. The van der Waals surface area contributed by atoms with Crippen molar-refractivity contribution in [3.63, 3.8) is 0 Å². The first-order valence-electron chi connectivity index (χ1n) is 7.45. The van der Waals surface area contributed by atoms with Crippen molar-refractivity contribution in [1.29, 1.82) is 5.26 Å². The Morgan fingerprint density at radius 1 is 1.48 bits per heavy atom. The number of nitrogens with zero attached hydrogens (tertiary/aromatic N) is 2. The van der Waals surface area contributed by atoms with Crippen molar-refractivity contribution in [2.45, 2.75) is 52.1 Å². The van der Waals surface area contributed by atoms with Crippen LogP contribution < -0.4 is 11.1 Å². The van der Waals surface area contributed by atoms with Gasteiger partial charge in [0.05, 0.1) is 18.5 Å². The zero-order valence-electron chi connectivity index (χ0n) is 13.3. The molecule has 1 rings (SSSR count). The van der Waals surface area contributed by atoms with E-state index in [1.54, 1.807) is 6.92 Å². The van der Waals surface area contributed by atoms with Crippen LogP contribution in [0.2, 0.25) is 0 Å². The zero-order chi connectivity index (χ0) is 16.2. The van der Waals surface area contributed by atoms with Gasteiger partial charge >= 0.3 is 0 Å². The molecule has 1 heterocycles. The number of piperidine rings is 1. The Morgan fingerprint density at radius 2 is 2.10 bits per heavy atom. The van der Waals surface area contributed by atoms with Crippen LogP contribution in [0.5, 0.6) is 0 Å². The summed E-state index contributed by atoms with van der Waals surface area (Å²) in [5.74, 6) is -0.675. The van der Waals surface area contributed by atoms with E-state index in [-0.39, 0.29) is 36.2 Å². The van der Waals surface area contributed by atoms with Gasteiger partial charge in [0, 0.05) is 12.6 Å². The number of amides is 2. The second-order valence-electron chi connectivity index (χ2n) is 6.47. The van der Waals surface area contributed by atoms with Crippen molar-refractivity contribution in [3.05, 3.63) is 0 Å². The van der Waals surface area contributed by atoms with E-state index in [1.165, 1.54) is 0 Å². The molecule has 6 heteroatoms. The van der Waals surface area contributed by atoms with Crippen molar-refractivity contribution >= 4 is 11.8 Å². The summed E-state index contributed by atoms with van der Waals surface area (Å²) in [6.45, 7) is 8.26. The normalized spacial score (nSPS) is 25.9. The molecule has 21 heavy (non-hydrogen) atoms. The van der Waals surface area contributed by atoms with Crippen LogP contribution in [0.1, 0.15) is 40.5 Å². The van der Waals surface area contributed by atoms with E-state index < -0.39 is 5.54 Å². The highest BCUT2D eigenvalue weighted by Crippen LogP contribution is 2.21. The highest BCUT2D eigenvalue weighted by molar-refractivity contribution is 5.80. The predicted molar refractivity (Wildman–Crippen MR) is 80.0 cm³/mol. The van der Waals surface area contributed by atoms with Crippen molar-refractivity contribution in [3.8, 4) is 6.07 Å². The molecular formula is C15H26N4O2. The highest BCUT2D eigenvalue weighted by Gasteiger charge is 2.33. The van der Waals surface area contributed by atoms with E-state index in [4.69, 9.17) is 5.73 Å². The minimum absolute atomic E-state index is 0.0172. The SMILES string of the molecule is CC(C)[C@](C)(C#N)NC(=O)CN1C[C@H](C(N)=O)CC[C@H]1C. The van der Waals surface area contributed by atoms with E-state index in [9.17, 15) is 14.9 Å². The highest BCUT2D eigenvalue weighted by atomic mass is 16.2. The number of carbonyl (C=O) groups excluding carboxylic acids is 2. The number of nitrogens with two attached hydrogens (primary N) is 1. The lowest BCUT2D eigenvalue weighted by Gasteiger charge is -2.37. The summed E-state index contributed by atoms with van der Waals surface area (Å²) in [5, 5.41) is 12.0. The third kappa shape index (κ3) is 4.43. The number of nitrogens with one attached hydrogen (secondary N) is 1. The molecule has 3 N–H and O–H groups in total. The average Bonchev–Trinajstić information content (AvgIpc) is 2.40. The van der Waals surface area contributed by atoms with Crippen molar-refractivity contribution < 1.29 is 9.59 Å². The molecule has 0 aromatic carbocycles. The largest absolute Gasteiger partial charge is 0.369 e. The van der Waals surface area contributed by atoms with Crippen LogP contribution >= 0.6 is 0 Å². The van der Waals surface area contributed by atoms with Gasteiger partial charge in [0.2, 0.25) is 11.8 Å². The maximum absolute atomic E-state index is 12.2. The van der Waals surface area contributed by atoms with E-state index in [0.29, 0.717) is 6.54 Å². The van der Waals surface area contributed by atoms with Gasteiger partial charge in [-0.25, -0.2) is 0 Å². The van der Waals surface area contributed by atoms with E-state index in [1.807, 2.05) is 25.7 Å². The Hall–Kier alpha value is -1.61. The van der Waals surface area contributed by atoms with Gasteiger partial charge in [0.25, 0.3) is 0 Å². The Morgan fingerprint density at radius 3 is 2.57 bits per heavy atom. The molecule has 118 valence electrons. The summed E-state index contributed by atoms with van der Waals surface area (Å²) in [6.07, 6.45) is 1.62. The number of hydrogen-bond acceptors (Lipinski definition) is 4. The number of hydrogen-bond donors (Lipinski definition) is 2. The molecule has 1 fully saturated rings. The second-order valence-corrected chi connectivity index (χ2v) is 6.47. The minimum Gasteiger partial charge on any atom is -0.369 e. The molecule has 0 spiro atoms. The van der Waals surface area contributed by atoms with E-state index in [0.717, 1.165) is 12.8 Å². The lowest BCUT2D eigenvalue weighted by molar-refractivity contribution is -0.128. The topological polar surface area (TPSA) is 99.2 Å². The molecular weight excluding hydrogens is 268 g/mol. The summed E-state index contributed by atoms with van der Waals surface area (Å²) in [7, 11) is 0. The smallest absolute Gasteiger partial charge is 0.235 e. The molecule has 0 aliphatic carbocycles. The van der Waals surface area contributed by atoms with Gasteiger partial charge in [-0.15, -0.1) is 0 Å². The van der Waals surface area contributed by atoms with Crippen LogP contribution in [0.3, 0.4) is 0 Å². The molecule has 0 bridgehead atoms. The van der Waals surface area contributed by atoms with E-state index in [2.05, 4.69) is 11.4 Å². The standard InChI is InChI=1S/C15H26N4O2/c1-10(2)15(4,9-16)18-13(20)8-19-7-12(14(17)21)6-5-11(19)3/h10-12H,5-8H2,1-4H3,(H2,17,21)(H,18,20)/t11-,12-,15+/m1/s1. The molecule has 3 atom stereocenters. The van der Waals surface area contributed by atoms with Crippen LogP contribution in [0.4, 0.5) is 0 Å². The Balaban J connectivity index is 2.65. The molecule has 0 aromatic rings. The van der Waals surface area contributed by atoms with Crippen molar-refractivity contribution in [2.75, 3.05) is 13.1 Å². The second kappa shape index (κ2) is 6.90. The van der Waals surface area contributed by atoms with Gasteiger partial charge in [-0.1, -0.05) is 13.8 Å². The Kier molecular flexibility index (Phi) is 5.73. The van der Waals surface area contributed by atoms with Crippen LogP contribution in [-0.2, 0) is 9.59 Å². The first kappa shape index (κ1) is 17.4. The number of nitriles is 1. The van der Waals surface area contributed by atoms with Gasteiger partial charge in [0.15, 0.2) is 0 Å². The quantitative estimate of drug-likeness (QED) is 0.776. The number of primary amides is 1. The minimum atomic E-state index is -0.876. The summed E-state index contributed by atoms with van der Waals surface area (Å²) in [5.41, 5.74) is 4.48. The first-order chi connectivity index (χ1) is 9.69. The fourth-order valence-electron chi connectivity index (χ4n) is 2.45. The summed E-state index contributed by atoms with van der Waals surface area (Å²) >= 11 is 0. The maximum atomic E-state index is 12.2. The van der Waals surface area contributed by atoms with E-state index >= 15 is 0 Å². The fraction of sp³-hybridized carbons (Fsp3) is 0.800. The van der Waals surface area contributed by atoms with Crippen LogP contribution in [0.15, 0.2) is 0 Å². The molecule has 6 nitrogen and oxygen atoms in total. The predicted octanol–water partition coefficient (Wildman–Crippen LogP) is 0.627. The van der Waals surface area contributed by atoms with Crippen LogP contribution in [0, 0.1) is 23.2 Å². The first-order valence-corrected chi connectivity index (χ1v) is 7.45. The molecule has 0 saturated carbocycles. The lowest BCUT2D eigenvalue weighted by atomic mass is 9.90. The van der Waals surface area contributed by atoms with Crippen LogP contribution in [0.25, 0.3) is 0 Å². The Labute approximate surface area is 126 Å². The molecule has 1 saturated heterocycles. The van der Waals surface area contributed by atoms with Gasteiger partial charge in [0.1, 0.15) is 5.54 Å². The summed E-state index contributed by atoms with van der Waals surface area (Å²) in [4.78, 5) is 25.5. The summed E-state index contributed by atoms with van der Waals surface area (Å²) in [6, 6.07) is 2.39. The van der Waals surface area contributed by atoms with Crippen LogP contribution in [-0.4, -0.2) is 41.4 Å². The zero-order valence-corrected chi connectivity index (χ0v) is 13.3. The maximum Gasteiger partial charge on any atom is 0.235 e. The number of likely N-dealkylation sites (tertiary alicyclic amines) is 1. The van der Waals surface area contributed by atoms with Gasteiger partial charge in [-0.05, 0) is 32.6 Å². The molecule has 2 amide bonds. The molecule has 0 aromatic heterocycles. The van der Waals surface area contributed by atoms with Gasteiger partial charge in [-0.3, -0.25) is 14.5 Å². The number of carbonyl (C=O) groups is 2. The molecule has 1 aliphatic rings. The molecule has 0 unspecified atom stereocenters. The third-order valence-corrected chi connectivity index (χ3v) is 4.55. The average molecular weight is 294 g/mol. The van der Waals surface area contributed by atoms with Gasteiger partial charge in [-0.2, -0.15) is 5.26 Å². The fourth-order valence-corrected chi connectivity index (χ4v) is 2.45. The molecule has 0 radical (unpaired) electrons. The monoisotopic (exact) mass is 294 g/mol. The van der Waals surface area contributed by atoms with Crippen molar-refractivity contribution in [2.24, 2.45) is 17.6 Å². The number of rotatable bonds is 5. The van der Waals surface area contributed by atoms with Crippen molar-refractivity contribution in [1.82, 2.24) is 10.2 Å². The summed E-state index contributed by atoms with van der Waals surface area (Å²) < 4.78 is 0. The third-order valence-electron chi connectivity index (χ3n) is 4.55.